The van der Waals surface area contributed by atoms with Crippen LogP contribution in [0.3, 0.4) is 0 Å². The van der Waals surface area contributed by atoms with Crippen molar-refractivity contribution in [1.29, 1.82) is 0 Å². The van der Waals surface area contributed by atoms with Crippen LogP contribution in [0.5, 0.6) is 0 Å². The average molecular weight is 488 g/mol. The van der Waals surface area contributed by atoms with Gasteiger partial charge in [0.15, 0.2) is 5.82 Å². The van der Waals surface area contributed by atoms with Crippen LogP contribution in [-0.2, 0) is 4.79 Å². The minimum absolute atomic E-state index is 0.0860. The molecule has 0 aliphatic heterocycles. The number of benzene rings is 1. The molecule has 12 heteroatoms. The molecule has 184 valence electrons. The minimum atomic E-state index is -4.92. The van der Waals surface area contributed by atoms with E-state index in [9.17, 15) is 27.9 Å². The molecule has 1 aromatic carbocycles. The van der Waals surface area contributed by atoms with Crippen LogP contribution in [0.4, 0.5) is 13.2 Å². The van der Waals surface area contributed by atoms with Gasteiger partial charge in [-0.3, -0.25) is 4.79 Å². The Balaban J connectivity index is 1.64. The van der Waals surface area contributed by atoms with Gasteiger partial charge in [0.2, 0.25) is 0 Å². The number of halogens is 3. The summed E-state index contributed by atoms with van der Waals surface area (Å²) in [5.74, 6) is -2.05. The van der Waals surface area contributed by atoms with Crippen molar-refractivity contribution in [2.45, 2.75) is 38.1 Å². The summed E-state index contributed by atoms with van der Waals surface area (Å²) in [6, 6.07) is 6.36. The van der Waals surface area contributed by atoms with Crippen molar-refractivity contribution in [2.75, 3.05) is 6.54 Å². The summed E-state index contributed by atoms with van der Waals surface area (Å²) < 4.78 is 40.9. The number of amides is 1. The second-order valence-corrected chi connectivity index (χ2v) is 8.43. The van der Waals surface area contributed by atoms with Gasteiger partial charge in [-0.1, -0.05) is 12.1 Å². The smallest absolute Gasteiger partial charge is 0.387 e. The van der Waals surface area contributed by atoms with Crippen molar-refractivity contribution in [3.63, 3.8) is 0 Å². The summed E-state index contributed by atoms with van der Waals surface area (Å²) in [7, 11) is 0. The standard InChI is InChI=1S/C23H23F3N6O3/c1-14(20-29-13-30-32(20)22-27-8-3-9-28-22)31(11-15-6-7-15)21(35)17-5-2-4-16(10-17)19(34)18(12-33)23(24,25)26/h2-5,8-10,12-15,18-19,34H,6-7,11H2,1H3. The van der Waals surface area contributed by atoms with Gasteiger partial charge in [-0.05, 0) is 49.4 Å². The van der Waals surface area contributed by atoms with Gasteiger partial charge in [0, 0.05) is 24.5 Å². The van der Waals surface area contributed by atoms with E-state index >= 15 is 0 Å². The molecule has 0 radical (unpaired) electrons. The largest absolute Gasteiger partial charge is 0.401 e. The molecule has 1 aliphatic rings. The SMILES string of the molecule is CC(c1ncnn1-c1ncccn1)N(CC1CC1)C(=O)c1cccc(C(O)C(C=O)C(F)(F)F)c1. The van der Waals surface area contributed by atoms with Crippen molar-refractivity contribution in [2.24, 2.45) is 11.8 Å². The molecule has 1 N–H and O–H groups in total. The molecule has 0 saturated heterocycles. The van der Waals surface area contributed by atoms with Crippen molar-refractivity contribution >= 4 is 12.2 Å². The number of rotatable bonds is 9. The van der Waals surface area contributed by atoms with Crippen LogP contribution < -0.4 is 0 Å². The number of hydrogen-bond acceptors (Lipinski definition) is 7. The van der Waals surface area contributed by atoms with Gasteiger partial charge >= 0.3 is 6.18 Å². The van der Waals surface area contributed by atoms with Crippen LogP contribution in [0.25, 0.3) is 5.95 Å². The second-order valence-electron chi connectivity index (χ2n) is 8.43. The van der Waals surface area contributed by atoms with Gasteiger partial charge in [0.05, 0.1) is 12.1 Å². The third kappa shape index (κ3) is 5.37. The zero-order chi connectivity index (χ0) is 25.2. The number of hydrogen-bond donors (Lipinski definition) is 1. The van der Waals surface area contributed by atoms with E-state index in [-0.39, 0.29) is 23.4 Å². The van der Waals surface area contributed by atoms with Gasteiger partial charge < -0.3 is 14.8 Å². The number of carbonyl (C=O) groups is 2. The number of aliphatic hydroxyl groups excluding tert-OH is 1. The number of aliphatic hydroxyl groups is 1. The molecule has 1 amide bonds. The lowest BCUT2D eigenvalue weighted by atomic mass is 9.95. The van der Waals surface area contributed by atoms with Crippen LogP contribution in [0, 0.1) is 11.8 Å². The molecule has 3 unspecified atom stereocenters. The lowest BCUT2D eigenvalue weighted by Gasteiger charge is -2.29. The maximum atomic E-state index is 13.6. The average Bonchev–Trinajstić information content (AvgIpc) is 3.54. The van der Waals surface area contributed by atoms with Crippen molar-refractivity contribution < 1.29 is 27.9 Å². The van der Waals surface area contributed by atoms with Gasteiger partial charge in [-0.25, -0.2) is 15.0 Å². The van der Waals surface area contributed by atoms with Gasteiger partial charge in [-0.15, -0.1) is 0 Å². The monoisotopic (exact) mass is 488 g/mol. The number of nitrogens with zero attached hydrogens (tertiary/aromatic N) is 6. The fourth-order valence-corrected chi connectivity index (χ4v) is 3.78. The number of aldehydes is 1. The van der Waals surface area contributed by atoms with E-state index in [1.807, 2.05) is 0 Å². The van der Waals surface area contributed by atoms with Gasteiger partial charge in [-0.2, -0.15) is 23.0 Å². The zero-order valence-corrected chi connectivity index (χ0v) is 18.7. The van der Waals surface area contributed by atoms with Crippen LogP contribution in [-0.4, -0.2) is 59.7 Å². The topological polar surface area (TPSA) is 114 Å². The van der Waals surface area contributed by atoms with Crippen molar-refractivity contribution in [3.05, 3.63) is 66.0 Å². The van der Waals surface area contributed by atoms with E-state index in [1.54, 1.807) is 30.3 Å². The molecule has 1 fully saturated rings. The molecule has 2 aromatic heterocycles. The lowest BCUT2D eigenvalue weighted by molar-refractivity contribution is -0.195. The quantitative estimate of drug-likeness (QED) is 0.461. The van der Waals surface area contributed by atoms with Gasteiger partial charge in [0.25, 0.3) is 11.9 Å². The molecule has 4 rings (SSSR count). The molecule has 3 atom stereocenters. The highest BCUT2D eigenvalue weighted by molar-refractivity contribution is 5.94. The summed E-state index contributed by atoms with van der Waals surface area (Å²) in [5.41, 5.74) is -0.0898. The molecule has 1 aliphatic carbocycles. The molecule has 0 spiro atoms. The summed E-state index contributed by atoms with van der Waals surface area (Å²) in [4.78, 5) is 38.8. The number of alkyl halides is 3. The van der Waals surface area contributed by atoms with E-state index < -0.39 is 30.1 Å². The van der Waals surface area contributed by atoms with E-state index in [0.717, 1.165) is 12.8 Å². The molecule has 9 nitrogen and oxygen atoms in total. The third-order valence-corrected chi connectivity index (χ3v) is 5.91. The zero-order valence-electron chi connectivity index (χ0n) is 18.7. The fraction of sp³-hybridized carbons (Fsp3) is 0.391. The maximum absolute atomic E-state index is 13.6. The highest BCUT2D eigenvalue weighted by Crippen LogP contribution is 2.36. The first-order chi connectivity index (χ1) is 16.7. The maximum Gasteiger partial charge on any atom is 0.401 e. The molecule has 0 bridgehead atoms. The van der Waals surface area contributed by atoms with E-state index in [1.165, 1.54) is 35.3 Å². The summed E-state index contributed by atoms with van der Waals surface area (Å²) in [5, 5.41) is 14.4. The molecule has 35 heavy (non-hydrogen) atoms. The summed E-state index contributed by atoms with van der Waals surface area (Å²) >= 11 is 0. The van der Waals surface area contributed by atoms with Crippen LogP contribution >= 0.6 is 0 Å². The Kier molecular flexibility index (Phi) is 6.92. The summed E-state index contributed by atoms with van der Waals surface area (Å²) in [6.07, 6.45) is -1.04. The van der Waals surface area contributed by atoms with E-state index in [4.69, 9.17) is 0 Å². The Labute approximate surface area is 198 Å². The predicted octanol–water partition coefficient (Wildman–Crippen LogP) is 3.08. The number of aromatic nitrogens is 5. The minimum Gasteiger partial charge on any atom is -0.387 e. The Morgan fingerprint density at radius 1 is 1.23 bits per heavy atom. The highest BCUT2D eigenvalue weighted by Gasteiger charge is 2.45. The van der Waals surface area contributed by atoms with Gasteiger partial charge in [0.1, 0.15) is 18.5 Å². The first-order valence-corrected chi connectivity index (χ1v) is 11.0. The molecule has 2 heterocycles. The van der Waals surface area contributed by atoms with Crippen LogP contribution in [0.15, 0.2) is 49.1 Å². The predicted molar refractivity (Wildman–Crippen MR) is 116 cm³/mol. The first-order valence-electron chi connectivity index (χ1n) is 11.0. The van der Waals surface area contributed by atoms with Crippen LogP contribution in [0.2, 0.25) is 0 Å². The fourth-order valence-electron chi connectivity index (χ4n) is 3.78. The highest BCUT2D eigenvalue weighted by atomic mass is 19.4. The van der Waals surface area contributed by atoms with Crippen molar-refractivity contribution in [3.8, 4) is 5.95 Å². The molecular formula is C23H23F3N6O3. The Morgan fingerprint density at radius 3 is 2.57 bits per heavy atom. The Morgan fingerprint density at radius 2 is 1.94 bits per heavy atom. The first kappa shape index (κ1) is 24.5. The summed E-state index contributed by atoms with van der Waals surface area (Å²) in [6.45, 7) is 2.18. The molecule has 1 saturated carbocycles. The molecule has 3 aromatic rings. The van der Waals surface area contributed by atoms with Crippen LogP contribution in [0.1, 0.15) is 53.7 Å². The van der Waals surface area contributed by atoms with E-state index in [0.29, 0.717) is 18.3 Å². The Hall–Kier alpha value is -3.67. The number of carbonyl (C=O) groups excluding carboxylic acids is 2. The Bertz CT molecular complexity index is 1180. The normalized spacial score (nSPS) is 16.4. The van der Waals surface area contributed by atoms with E-state index in [2.05, 4.69) is 20.1 Å². The molecular weight excluding hydrogens is 465 g/mol. The van der Waals surface area contributed by atoms with Crippen molar-refractivity contribution in [1.82, 2.24) is 29.6 Å². The third-order valence-electron chi connectivity index (χ3n) is 5.91. The second kappa shape index (κ2) is 9.90. The lowest BCUT2D eigenvalue weighted by Crippen LogP contribution is -2.37.